The molecule has 0 aliphatic rings. The third-order valence-electron chi connectivity index (χ3n) is 4.47. The monoisotopic (exact) mass is 372 g/mol. The molecule has 144 valence electrons. The van der Waals surface area contributed by atoms with Crippen LogP contribution in [0.3, 0.4) is 0 Å². The summed E-state index contributed by atoms with van der Waals surface area (Å²) in [6.45, 7) is 7.74. The quantitative estimate of drug-likeness (QED) is 0.580. The van der Waals surface area contributed by atoms with E-state index in [1.54, 1.807) is 24.3 Å². The first kappa shape index (κ1) is 21.0. The van der Waals surface area contributed by atoms with Crippen molar-refractivity contribution in [3.05, 3.63) is 84.0 Å². The lowest BCUT2D eigenvalue weighted by atomic mass is 10.0. The number of carbonyl (C=O) groups excluding carboxylic acids is 1. The minimum Gasteiger partial charge on any atom is -0.378 e. The van der Waals surface area contributed by atoms with Gasteiger partial charge in [-0.05, 0) is 58.7 Å². The van der Waals surface area contributed by atoms with Crippen molar-refractivity contribution in [2.75, 3.05) is 38.0 Å². The Morgan fingerprint density at radius 3 is 1.43 bits per heavy atom. The molecule has 0 saturated heterocycles. The number of benzene rings is 2. The molecular formula is C25H28N2O. The molecule has 2 aromatic rings. The predicted octanol–water partition coefficient (Wildman–Crippen LogP) is 5.40. The first-order valence-electron chi connectivity index (χ1n) is 9.13. The zero-order valence-corrected chi connectivity index (χ0v) is 17.1. The van der Waals surface area contributed by atoms with Crippen molar-refractivity contribution in [1.82, 2.24) is 0 Å². The molecule has 0 spiro atoms. The van der Waals surface area contributed by atoms with Crippen molar-refractivity contribution in [3.63, 3.8) is 0 Å². The zero-order valence-electron chi connectivity index (χ0n) is 17.1. The lowest BCUT2D eigenvalue weighted by Crippen LogP contribution is -2.08. The van der Waals surface area contributed by atoms with Gasteiger partial charge in [-0.15, -0.1) is 0 Å². The van der Waals surface area contributed by atoms with E-state index in [0.717, 1.165) is 33.6 Å². The first-order valence-corrected chi connectivity index (χ1v) is 9.13. The molecule has 0 bridgehead atoms. The Kier molecular flexibility index (Phi) is 7.16. The molecule has 0 radical (unpaired) electrons. The third-order valence-corrected chi connectivity index (χ3v) is 4.47. The van der Waals surface area contributed by atoms with E-state index in [1.165, 1.54) is 0 Å². The molecule has 0 unspecified atom stereocenters. The summed E-state index contributed by atoms with van der Waals surface area (Å²) in [4.78, 5) is 16.4. The molecule has 28 heavy (non-hydrogen) atoms. The average Bonchev–Trinajstić information content (AvgIpc) is 2.70. The van der Waals surface area contributed by atoms with Gasteiger partial charge in [0.2, 0.25) is 0 Å². The van der Waals surface area contributed by atoms with Crippen LogP contribution in [0.15, 0.2) is 61.7 Å². The molecule has 0 heterocycles. The molecule has 0 saturated carbocycles. The van der Waals surface area contributed by atoms with Gasteiger partial charge in [-0.25, -0.2) is 0 Å². The van der Waals surface area contributed by atoms with Crippen molar-refractivity contribution >= 4 is 41.5 Å². The molecule has 2 aromatic carbocycles. The Balaban J connectivity index is 2.18. The lowest BCUT2D eigenvalue weighted by Gasteiger charge is -2.14. The number of rotatable bonds is 8. The van der Waals surface area contributed by atoms with Gasteiger partial charge in [0.25, 0.3) is 0 Å². The zero-order chi connectivity index (χ0) is 20.7. The SMILES string of the molecule is C=Cc1cc(N(C)C)ccc1/C=C/C(=O)/C=C/c1ccc(N(C)C)cc1C=C. The Morgan fingerprint density at radius 2 is 1.11 bits per heavy atom. The van der Waals surface area contributed by atoms with Crippen molar-refractivity contribution in [2.45, 2.75) is 0 Å². The van der Waals surface area contributed by atoms with Crippen LogP contribution >= 0.6 is 0 Å². The molecule has 3 nitrogen and oxygen atoms in total. The van der Waals surface area contributed by atoms with E-state index in [4.69, 9.17) is 0 Å². The molecule has 0 amide bonds. The summed E-state index contributed by atoms with van der Waals surface area (Å²) >= 11 is 0. The van der Waals surface area contributed by atoms with Crippen LogP contribution in [-0.4, -0.2) is 34.0 Å². The first-order chi connectivity index (χ1) is 13.3. The minimum atomic E-state index is -0.0709. The summed E-state index contributed by atoms with van der Waals surface area (Å²) in [7, 11) is 7.98. The molecule has 0 fully saturated rings. The maximum atomic E-state index is 12.3. The standard InChI is InChI=1S/C25H28N2O/c1-7-19-17-23(26(3)4)13-9-21(19)11-15-25(28)16-12-22-10-14-24(27(5)6)18-20(22)8-2/h7-18H,1-2H2,3-6H3/b15-11+,16-12+. The van der Waals surface area contributed by atoms with Crippen LogP contribution in [0.1, 0.15) is 22.3 Å². The summed E-state index contributed by atoms with van der Waals surface area (Å²) in [6, 6.07) is 12.1. The van der Waals surface area contributed by atoms with Crippen molar-refractivity contribution in [1.29, 1.82) is 0 Å². The van der Waals surface area contributed by atoms with E-state index >= 15 is 0 Å². The van der Waals surface area contributed by atoms with Gasteiger partial charge in [0.05, 0.1) is 0 Å². The highest BCUT2D eigenvalue weighted by atomic mass is 16.1. The van der Waals surface area contributed by atoms with E-state index in [0.29, 0.717) is 0 Å². The fourth-order valence-electron chi connectivity index (χ4n) is 2.74. The number of allylic oxidation sites excluding steroid dienone is 2. The number of carbonyl (C=O) groups is 1. The van der Waals surface area contributed by atoms with Crippen LogP contribution in [0.25, 0.3) is 24.3 Å². The molecular weight excluding hydrogens is 344 g/mol. The van der Waals surface area contributed by atoms with Crippen molar-refractivity contribution in [2.24, 2.45) is 0 Å². The summed E-state index contributed by atoms with van der Waals surface area (Å²) in [5.41, 5.74) is 6.10. The van der Waals surface area contributed by atoms with Crippen molar-refractivity contribution < 1.29 is 4.79 Å². The van der Waals surface area contributed by atoms with Crippen LogP contribution in [0.5, 0.6) is 0 Å². The van der Waals surface area contributed by atoms with E-state index in [-0.39, 0.29) is 5.78 Å². The van der Waals surface area contributed by atoms with Gasteiger partial charge >= 0.3 is 0 Å². The summed E-state index contributed by atoms with van der Waals surface area (Å²) in [6.07, 6.45) is 10.4. The van der Waals surface area contributed by atoms with E-state index in [1.807, 2.05) is 74.4 Å². The normalized spacial score (nSPS) is 11.0. The van der Waals surface area contributed by atoms with Gasteiger partial charge in [0.1, 0.15) is 0 Å². The summed E-state index contributed by atoms with van der Waals surface area (Å²) in [5.74, 6) is -0.0709. The number of ketones is 1. The highest BCUT2D eigenvalue weighted by molar-refractivity contribution is 6.05. The third kappa shape index (κ3) is 5.34. The van der Waals surface area contributed by atoms with Crippen LogP contribution in [-0.2, 0) is 4.79 Å². The number of hydrogen-bond acceptors (Lipinski definition) is 3. The fraction of sp³-hybridized carbons (Fsp3) is 0.160. The fourth-order valence-corrected chi connectivity index (χ4v) is 2.74. The molecule has 0 aliphatic carbocycles. The molecule has 0 aliphatic heterocycles. The van der Waals surface area contributed by atoms with Gasteiger partial charge in [-0.2, -0.15) is 0 Å². The molecule has 0 N–H and O–H groups in total. The highest BCUT2D eigenvalue weighted by Gasteiger charge is 2.03. The maximum Gasteiger partial charge on any atom is 0.178 e. The lowest BCUT2D eigenvalue weighted by molar-refractivity contribution is -0.110. The summed E-state index contributed by atoms with van der Waals surface area (Å²) in [5, 5.41) is 0. The van der Waals surface area contributed by atoms with E-state index < -0.39 is 0 Å². The molecule has 2 rings (SSSR count). The smallest absolute Gasteiger partial charge is 0.178 e. The Labute approximate surface area is 168 Å². The number of nitrogens with zero attached hydrogens (tertiary/aromatic N) is 2. The molecule has 0 aromatic heterocycles. The van der Waals surface area contributed by atoms with Crippen LogP contribution < -0.4 is 9.80 Å². The van der Waals surface area contributed by atoms with Gasteiger partial charge in [-0.3, -0.25) is 4.79 Å². The Morgan fingerprint density at radius 1 is 0.714 bits per heavy atom. The van der Waals surface area contributed by atoms with Crippen LogP contribution in [0.2, 0.25) is 0 Å². The number of anilines is 2. The van der Waals surface area contributed by atoms with Crippen LogP contribution in [0.4, 0.5) is 11.4 Å². The maximum absolute atomic E-state index is 12.3. The van der Waals surface area contributed by atoms with E-state index in [9.17, 15) is 4.79 Å². The molecule has 3 heteroatoms. The van der Waals surface area contributed by atoms with Gasteiger partial charge in [0.15, 0.2) is 5.78 Å². The largest absolute Gasteiger partial charge is 0.378 e. The summed E-state index contributed by atoms with van der Waals surface area (Å²) < 4.78 is 0. The van der Waals surface area contributed by atoms with Gasteiger partial charge < -0.3 is 9.80 Å². The van der Waals surface area contributed by atoms with E-state index in [2.05, 4.69) is 25.3 Å². The highest BCUT2D eigenvalue weighted by Crippen LogP contribution is 2.21. The molecule has 0 atom stereocenters. The van der Waals surface area contributed by atoms with Gasteiger partial charge in [-0.1, -0.05) is 49.6 Å². The topological polar surface area (TPSA) is 23.6 Å². The van der Waals surface area contributed by atoms with Crippen LogP contribution in [0, 0.1) is 0 Å². The Hall–Kier alpha value is -3.33. The van der Waals surface area contributed by atoms with Crippen molar-refractivity contribution in [3.8, 4) is 0 Å². The minimum absolute atomic E-state index is 0.0709. The number of hydrogen-bond donors (Lipinski definition) is 0. The second kappa shape index (κ2) is 9.56. The predicted molar refractivity (Wildman–Crippen MR) is 125 cm³/mol. The van der Waals surface area contributed by atoms with Gasteiger partial charge in [0, 0.05) is 39.6 Å². The average molecular weight is 373 g/mol. The second-order valence-electron chi connectivity index (χ2n) is 6.89. The second-order valence-corrected chi connectivity index (χ2v) is 6.89. The Bertz CT molecular complexity index is 858.